The van der Waals surface area contributed by atoms with E-state index in [0.29, 0.717) is 19.3 Å². The molecule has 592 valence electrons. The second-order valence-electron chi connectivity index (χ2n) is 26.8. The SMILES string of the molecule is CC/C=C\C/C=C\C/C=C\C/C=C\C/C=C\C/C=C\CCCCCCCCCCCCCCC(=O)OCC(O)COP(=O)(O)OCC(O)COP(=O)(O)OCC(COC(=O)CCCCCCCCC/C=C\C/C=C\C/C=C\C/C=C\CCCCC)OC(=O)CCCCCCC/C=C\CCCCCC. The maximum Gasteiger partial charge on any atom is 0.472 e. The van der Waals surface area contributed by atoms with Gasteiger partial charge in [-0.3, -0.25) is 32.5 Å². The monoisotopic (exact) mass is 1490 g/mol. The lowest BCUT2D eigenvalue weighted by Crippen LogP contribution is -2.30. The Kier molecular flexibility index (Phi) is 74.1. The van der Waals surface area contributed by atoms with E-state index >= 15 is 0 Å². The number of carbonyl (C=O) groups excluding carboxylic acids is 3. The molecule has 0 saturated heterocycles. The molecule has 5 unspecified atom stereocenters. The zero-order valence-corrected chi connectivity index (χ0v) is 66.5. The van der Waals surface area contributed by atoms with Crippen molar-refractivity contribution in [1.29, 1.82) is 0 Å². The number of rotatable bonds is 76. The summed E-state index contributed by atoms with van der Waals surface area (Å²) in [7, 11) is -9.79. The van der Waals surface area contributed by atoms with Gasteiger partial charge in [-0.1, -0.05) is 302 Å². The quantitative estimate of drug-likeness (QED) is 0.0146. The second kappa shape index (κ2) is 77.3. The molecule has 0 spiro atoms. The summed E-state index contributed by atoms with van der Waals surface area (Å²) in [5.74, 6) is -1.59. The van der Waals surface area contributed by atoms with Crippen LogP contribution in [0.25, 0.3) is 0 Å². The van der Waals surface area contributed by atoms with Gasteiger partial charge in [-0.25, -0.2) is 9.13 Å². The van der Waals surface area contributed by atoms with E-state index in [2.05, 4.69) is 154 Å². The number of hydrogen-bond donors (Lipinski definition) is 4. The minimum Gasteiger partial charge on any atom is -0.463 e. The van der Waals surface area contributed by atoms with Crippen molar-refractivity contribution >= 4 is 33.6 Å². The van der Waals surface area contributed by atoms with Crippen LogP contribution >= 0.6 is 15.6 Å². The van der Waals surface area contributed by atoms with Gasteiger partial charge in [-0.2, -0.15) is 0 Å². The first kappa shape index (κ1) is 98.7. The fourth-order valence-electron chi connectivity index (χ4n) is 10.7. The van der Waals surface area contributed by atoms with Crippen LogP contribution in [-0.4, -0.2) is 95.9 Å². The number of allylic oxidation sites excluding steroid dienone is 22. The summed E-state index contributed by atoms with van der Waals surface area (Å²) >= 11 is 0. The highest BCUT2D eigenvalue weighted by Gasteiger charge is 2.29. The summed E-state index contributed by atoms with van der Waals surface area (Å²) in [6.45, 7) is 2.51. The van der Waals surface area contributed by atoms with Crippen LogP contribution in [0.2, 0.25) is 0 Å². The molecule has 0 aromatic heterocycles. The Hall–Kier alpha value is -4.31. The molecule has 0 bridgehead atoms. The minimum atomic E-state index is -4.94. The van der Waals surface area contributed by atoms with Crippen LogP contribution in [0.4, 0.5) is 0 Å². The molecule has 0 aromatic rings. The smallest absolute Gasteiger partial charge is 0.463 e. The van der Waals surface area contributed by atoms with Crippen LogP contribution in [-0.2, 0) is 55.8 Å². The molecule has 0 saturated carbocycles. The van der Waals surface area contributed by atoms with Crippen LogP contribution in [0.15, 0.2) is 134 Å². The number of aliphatic hydroxyl groups is 2. The van der Waals surface area contributed by atoms with Crippen LogP contribution in [0.1, 0.15) is 329 Å². The molecule has 0 amide bonds. The molecule has 0 rings (SSSR count). The van der Waals surface area contributed by atoms with Crippen molar-refractivity contribution in [2.24, 2.45) is 0 Å². The van der Waals surface area contributed by atoms with Gasteiger partial charge < -0.3 is 34.2 Å². The third-order valence-corrected chi connectivity index (χ3v) is 18.7. The van der Waals surface area contributed by atoms with E-state index in [0.717, 1.165) is 167 Å². The number of esters is 3. The van der Waals surface area contributed by atoms with Gasteiger partial charge in [-0.05, 0) is 141 Å². The van der Waals surface area contributed by atoms with Gasteiger partial charge in [-0.15, -0.1) is 0 Å². The Labute approximate surface area is 626 Å². The first-order chi connectivity index (χ1) is 50.2. The van der Waals surface area contributed by atoms with E-state index in [4.69, 9.17) is 32.3 Å². The van der Waals surface area contributed by atoms with Crippen LogP contribution < -0.4 is 0 Å². The molecule has 18 heteroatoms. The Bertz CT molecular complexity index is 2410. The summed E-state index contributed by atoms with van der Waals surface area (Å²) in [4.78, 5) is 58.6. The molecule has 0 aliphatic rings. The number of carbonyl (C=O) groups is 3. The van der Waals surface area contributed by atoms with Crippen LogP contribution in [0.3, 0.4) is 0 Å². The molecule has 0 radical (unpaired) electrons. The van der Waals surface area contributed by atoms with Crippen LogP contribution in [0.5, 0.6) is 0 Å². The zero-order valence-electron chi connectivity index (χ0n) is 64.7. The molecule has 5 atom stereocenters. The normalized spacial score (nSPS) is 14.7. The largest absolute Gasteiger partial charge is 0.472 e. The highest BCUT2D eigenvalue weighted by atomic mass is 31.2. The summed E-state index contributed by atoms with van der Waals surface area (Å²) in [6.07, 6.45) is 93.6. The van der Waals surface area contributed by atoms with Crippen LogP contribution in [0, 0.1) is 0 Å². The van der Waals surface area contributed by atoms with Gasteiger partial charge in [0.05, 0.1) is 26.4 Å². The average Bonchev–Trinajstić information content (AvgIpc) is 0.914. The van der Waals surface area contributed by atoms with Gasteiger partial charge in [0.15, 0.2) is 6.10 Å². The number of hydrogen-bond acceptors (Lipinski definition) is 14. The van der Waals surface area contributed by atoms with E-state index in [9.17, 15) is 43.5 Å². The van der Waals surface area contributed by atoms with E-state index in [1.807, 2.05) is 0 Å². The molecule has 0 aliphatic carbocycles. The van der Waals surface area contributed by atoms with Gasteiger partial charge in [0.1, 0.15) is 25.4 Å². The number of phosphoric ester groups is 2. The maximum atomic E-state index is 12.9. The summed E-state index contributed by atoms with van der Waals surface area (Å²) in [5.41, 5.74) is 0. The predicted molar refractivity (Wildman–Crippen MR) is 426 cm³/mol. The molecule has 16 nitrogen and oxygen atoms in total. The van der Waals surface area contributed by atoms with E-state index in [-0.39, 0.29) is 19.3 Å². The fraction of sp³-hybridized carbons (Fsp3) is 0.706. The molecule has 0 heterocycles. The lowest BCUT2D eigenvalue weighted by atomic mass is 10.0. The summed E-state index contributed by atoms with van der Waals surface area (Å²) in [6, 6.07) is 0. The summed E-state index contributed by atoms with van der Waals surface area (Å²) < 4.78 is 61.1. The molecular weight excluding hydrogens is 1340 g/mol. The number of phosphoric acid groups is 2. The Morgan fingerprint density at radius 2 is 0.515 bits per heavy atom. The minimum absolute atomic E-state index is 0.0905. The van der Waals surface area contributed by atoms with E-state index < -0.39 is 91.5 Å². The maximum absolute atomic E-state index is 12.9. The zero-order chi connectivity index (χ0) is 75.2. The van der Waals surface area contributed by atoms with Crippen molar-refractivity contribution < 1.29 is 75.8 Å². The standard InChI is InChI=1S/C85H146O16P2/c1-4-7-10-13-16-19-22-25-27-29-31-33-35-36-37-38-39-40-41-42-44-46-47-49-51-54-56-59-62-65-68-71-83(88)95-74-80(86)75-97-102(91,92)98-76-81(87)77-99-103(93,94)100-79-82(101-85(90)73-70-67-64-61-58-53-24-21-18-15-12-9-6-3)78-96-84(89)72-69-66-63-60-57-55-52-50-48-45-43-34-32-30-28-26-23-20-17-14-11-8-5-2/h7,10,16-17,19-21,24-28,31-34,36-37,39-40,45,48,80-82,86-87H,4-6,8-9,11-15,18,22-23,29-30,35,38,41-44,46-47,49-79H2,1-3H3,(H,91,92)(H,93,94)/b10-7-,19-16-,20-17-,24-21-,27-25-,28-26-,33-31-,34-32-,37-36-,40-39-,48-45-. The second-order valence-corrected chi connectivity index (χ2v) is 29.7. The Morgan fingerprint density at radius 3 is 0.845 bits per heavy atom. The number of ether oxygens (including phenoxy) is 3. The van der Waals surface area contributed by atoms with Crippen molar-refractivity contribution in [1.82, 2.24) is 0 Å². The van der Waals surface area contributed by atoms with E-state index in [1.165, 1.54) is 103 Å². The van der Waals surface area contributed by atoms with Gasteiger partial charge in [0.2, 0.25) is 0 Å². The van der Waals surface area contributed by atoms with Gasteiger partial charge >= 0.3 is 33.6 Å². The summed E-state index contributed by atoms with van der Waals surface area (Å²) in [5, 5.41) is 20.6. The van der Waals surface area contributed by atoms with Crippen molar-refractivity contribution in [3.63, 3.8) is 0 Å². The van der Waals surface area contributed by atoms with Crippen molar-refractivity contribution in [2.75, 3.05) is 39.6 Å². The molecule has 0 fully saturated rings. The third-order valence-electron chi connectivity index (χ3n) is 16.8. The highest BCUT2D eigenvalue weighted by molar-refractivity contribution is 7.47. The molecular formula is C85H146O16P2. The topological polar surface area (TPSA) is 231 Å². The third kappa shape index (κ3) is 78.6. The van der Waals surface area contributed by atoms with E-state index in [1.54, 1.807) is 0 Å². The van der Waals surface area contributed by atoms with Crippen molar-refractivity contribution in [2.45, 2.75) is 347 Å². The molecule has 0 aliphatic heterocycles. The Morgan fingerprint density at radius 1 is 0.282 bits per heavy atom. The lowest BCUT2D eigenvalue weighted by Gasteiger charge is -2.21. The molecule has 0 aromatic carbocycles. The molecule has 103 heavy (non-hydrogen) atoms. The highest BCUT2D eigenvalue weighted by Crippen LogP contribution is 2.45. The van der Waals surface area contributed by atoms with Crippen molar-refractivity contribution in [3.8, 4) is 0 Å². The lowest BCUT2D eigenvalue weighted by molar-refractivity contribution is -0.161. The van der Waals surface area contributed by atoms with Gasteiger partial charge in [0, 0.05) is 19.3 Å². The van der Waals surface area contributed by atoms with Gasteiger partial charge in [0.25, 0.3) is 0 Å². The first-order valence-corrected chi connectivity index (χ1v) is 43.5. The Balaban J connectivity index is 4.48. The number of unbranched alkanes of at least 4 members (excludes halogenated alkanes) is 31. The average molecular weight is 1490 g/mol. The number of aliphatic hydroxyl groups excluding tert-OH is 2. The predicted octanol–water partition coefficient (Wildman–Crippen LogP) is 23.9. The van der Waals surface area contributed by atoms with Crippen molar-refractivity contribution in [3.05, 3.63) is 134 Å². The first-order valence-electron chi connectivity index (χ1n) is 40.5. The molecule has 4 N–H and O–H groups in total. The fourth-order valence-corrected chi connectivity index (χ4v) is 12.3.